The Kier molecular flexibility index (Phi) is 7.04. The van der Waals surface area contributed by atoms with E-state index in [9.17, 15) is 19.5 Å². The number of hydrogen-bond acceptors (Lipinski definition) is 8. The predicted molar refractivity (Wildman–Crippen MR) is 153 cm³/mol. The highest BCUT2D eigenvalue weighted by Crippen LogP contribution is 2.45. The molecule has 2 aliphatic rings. The van der Waals surface area contributed by atoms with Crippen molar-refractivity contribution in [2.45, 2.75) is 65.5 Å². The Bertz CT molecular complexity index is 1550. The summed E-state index contributed by atoms with van der Waals surface area (Å²) in [6.45, 7) is 11.8. The van der Waals surface area contributed by atoms with Crippen LogP contribution in [0.3, 0.4) is 0 Å². The summed E-state index contributed by atoms with van der Waals surface area (Å²) in [6, 6.07) is 12.0. The molecule has 0 bridgehead atoms. The number of ketones is 1. The van der Waals surface area contributed by atoms with Crippen LogP contribution < -0.4 is 9.64 Å². The smallest absolute Gasteiger partial charge is 0.350 e. The summed E-state index contributed by atoms with van der Waals surface area (Å²) >= 11 is 0.989. The van der Waals surface area contributed by atoms with Gasteiger partial charge in [0, 0.05) is 12.0 Å². The quantitative estimate of drug-likeness (QED) is 0.180. The van der Waals surface area contributed by atoms with E-state index in [0.717, 1.165) is 28.2 Å². The first kappa shape index (κ1) is 27.6. The van der Waals surface area contributed by atoms with Crippen molar-refractivity contribution in [3.05, 3.63) is 80.9 Å². The number of ether oxygens (including phenoxy) is 2. The molecule has 2 atom stereocenters. The van der Waals surface area contributed by atoms with Crippen LogP contribution in [0.25, 0.3) is 5.76 Å². The third-order valence-electron chi connectivity index (χ3n) is 7.16. The Morgan fingerprint density at radius 3 is 2.52 bits per heavy atom. The number of aliphatic hydroxyl groups excluding tert-OH is 1. The molecule has 2 aliphatic heterocycles. The first-order chi connectivity index (χ1) is 18.9. The second kappa shape index (κ2) is 10.2. The van der Waals surface area contributed by atoms with Crippen molar-refractivity contribution < 1.29 is 29.0 Å². The normalized spacial score (nSPS) is 20.0. The lowest BCUT2D eigenvalue weighted by molar-refractivity contribution is -0.132. The maximum Gasteiger partial charge on any atom is 0.350 e. The van der Waals surface area contributed by atoms with E-state index in [1.54, 1.807) is 32.0 Å². The number of nitrogens with zero attached hydrogens (tertiary/aromatic N) is 2. The number of carbonyl (C=O) groups excluding carboxylic acids is 3. The van der Waals surface area contributed by atoms with Crippen molar-refractivity contribution in [1.82, 2.24) is 4.98 Å². The number of amides is 1. The third-order valence-corrected chi connectivity index (χ3v) is 8.30. The van der Waals surface area contributed by atoms with Crippen LogP contribution >= 0.6 is 11.3 Å². The molecule has 8 nitrogen and oxygen atoms in total. The van der Waals surface area contributed by atoms with Crippen LogP contribution in [0.4, 0.5) is 5.13 Å². The fourth-order valence-corrected chi connectivity index (χ4v) is 6.09. The number of benzene rings is 2. The average Bonchev–Trinajstić information content (AvgIpc) is 3.55. The van der Waals surface area contributed by atoms with Crippen LogP contribution in [0.2, 0.25) is 0 Å². The Morgan fingerprint density at radius 1 is 1.18 bits per heavy atom. The fraction of sp³-hybridized carbons (Fsp3) is 0.355. The molecule has 9 heteroatoms. The van der Waals surface area contributed by atoms with Crippen LogP contribution in [-0.4, -0.2) is 40.5 Å². The number of aryl methyl sites for hydroxylation is 1. The molecule has 1 amide bonds. The van der Waals surface area contributed by atoms with Gasteiger partial charge in [-0.1, -0.05) is 56.4 Å². The number of hydrogen-bond donors (Lipinski definition) is 1. The summed E-state index contributed by atoms with van der Waals surface area (Å²) in [5.41, 5.74) is 3.32. The molecule has 0 aliphatic carbocycles. The van der Waals surface area contributed by atoms with Crippen LogP contribution in [0.1, 0.15) is 78.3 Å². The van der Waals surface area contributed by atoms with E-state index in [4.69, 9.17) is 9.47 Å². The maximum absolute atomic E-state index is 13.6. The Balaban J connectivity index is 1.67. The molecule has 3 heterocycles. The number of anilines is 1. The molecule has 1 saturated heterocycles. The second-order valence-corrected chi connectivity index (χ2v) is 12.1. The van der Waals surface area contributed by atoms with Gasteiger partial charge in [-0.2, -0.15) is 0 Å². The number of fused-ring (bicyclic) bond motifs is 1. The van der Waals surface area contributed by atoms with E-state index in [0.29, 0.717) is 23.2 Å². The summed E-state index contributed by atoms with van der Waals surface area (Å²) in [5.74, 6) is -1.72. The van der Waals surface area contributed by atoms with Gasteiger partial charge in [0.2, 0.25) is 0 Å². The molecule has 5 rings (SSSR count). The first-order valence-electron chi connectivity index (χ1n) is 13.3. The van der Waals surface area contributed by atoms with Gasteiger partial charge in [-0.05, 0) is 61.1 Å². The second-order valence-electron chi connectivity index (χ2n) is 11.1. The van der Waals surface area contributed by atoms with Crippen molar-refractivity contribution in [3.63, 3.8) is 0 Å². The fourth-order valence-electron chi connectivity index (χ4n) is 5.11. The molecule has 208 valence electrons. The largest absolute Gasteiger partial charge is 0.507 e. The van der Waals surface area contributed by atoms with E-state index in [2.05, 4.69) is 25.8 Å². The van der Waals surface area contributed by atoms with Gasteiger partial charge in [-0.3, -0.25) is 14.5 Å². The zero-order chi connectivity index (χ0) is 28.9. The van der Waals surface area contributed by atoms with Crippen LogP contribution in [0.5, 0.6) is 5.75 Å². The first-order valence-corrected chi connectivity index (χ1v) is 14.1. The molecular weight excluding hydrogens is 528 g/mol. The van der Waals surface area contributed by atoms with Gasteiger partial charge in [-0.25, -0.2) is 9.78 Å². The summed E-state index contributed by atoms with van der Waals surface area (Å²) in [4.78, 5) is 45.7. The molecule has 3 aromatic rings. The van der Waals surface area contributed by atoms with Gasteiger partial charge in [0.25, 0.3) is 5.78 Å². The summed E-state index contributed by atoms with van der Waals surface area (Å²) in [7, 11) is 0. The zero-order valence-corrected chi connectivity index (χ0v) is 24.2. The lowest BCUT2D eigenvalue weighted by Gasteiger charge is -2.25. The van der Waals surface area contributed by atoms with E-state index in [-0.39, 0.29) is 39.5 Å². The average molecular weight is 561 g/mol. The van der Waals surface area contributed by atoms with E-state index in [1.165, 1.54) is 4.90 Å². The molecule has 40 heavy (non-hydrogen) atoms. The number of aliphatic hydroxyl groups is 1. The van der Waals surface area contributed by atoms with Crippen molar-refractivity contribution in [1.29, 1.82) is 0 Å². The molecule has 1 N–H and O–H groups in total. The van der Waals surface area contributed by atoms with Gasteiger partial charge in [0.05, 0.1) is 23.9 Å². The minimum Gasteiger partial charge on any atom is -0.507 e. The number of Topliss-reactive ketones (excluding diaryl/α,β-unsaturated/α-hetero) is 1. The van der Waals surface area contributed by atoms with Gasteiger partial charge < -0.3 is 14.6 Å². The minimum absolute atomic E-state index is 0.0149. The third kappa shape index (κ3) is 4.79. The molecule has 1 fully saturated rings. The standard InChI is InChI=1S/C31H32N2O6S/c1-7-38-29(37)27-17(3)32-30(40-27)33-24(18-8-11-21(12-9-18)31(4,5)6)23(26(35)28(33)36)25(34)19-10-13-22-20(15-19)14-16(2)39-22/h8-13,15-16,24,34H,7,14H2,1-6H3. The van der Waals surface area contributed by atoms with Crippen molar-refractivity contribution >= 4 is 39.9 Å². The van der Waals surface area contributed by atoms with E-state index >= 15 is 0 Å². The van der Waals surface area contributed by atoms with Gasteiger partial charge in [0.1, 0.15) is 22.5 Å². The predicted octanol–water partition coefficient (Wildman–Crippen LogP) is 5.88. The minimum atomic E-state index is -0.946. The maximum atomic E-state index is 13.6. The SMILES string of the molecule is CCOC(=O)c1sc(N2C(=O)C(=O)C(=C(O)c3ccc4c(c3)CC(C)O4)C2c2ccc(C(C)(C)C)cc2)nc1C. The van der Waals surface area contributed by atoms with Crippen molar-refractivity contribution in [2.75, 3.05) is 11.5 Å². The number of aromatic nitrogens is 1. The topological polar surface area (TPSA) is 106 Å². The number of thiazole rings is 1. The molecule has 0 saturated carbocycles. The highest BCUT2D eigenvalue weighted by atomic mass is 32.1. The van der Waals surface area contributed by atoms with Crippen molar-refractivity contribution in [2.24, 2.45) is 0 Å². The van der Waals surface area contributed by atoms with Crippen LogP contribution in [0.15, 0.2) is 48.0 Å². The number of rotatable bonds is 5. The lowest BCUT2D eigenvalue weighted by atomic mass is 9.85. The zero-order valence-electron chi connectivity index (χ0n) is 23.4. The molecule has 0 spiro atoms. The van der Waals surface area contributed by atoms with E-state index < -0.39 is 23.7 Å². The van der Waals surface area contributed by atoms with E-state index in [1.807, 2.05) is 31.2 Å². The van der Waals surface area contributed by atoms with Gasteiger partial charge in [-0.15, -0.1) is 0 Å². The van der Waals surface area contributed by atoms with Gasteiger partial charge in [0.15, 0.2) is 5.13 Å². The monoisotopic (exact) mass is 560 g/mol. The number of esters is 1. The summed E-state index contributed by atoms with van der Waals surface area (Å²) in [5, 5.41) is 11.7. The summed E-state index contributed by atoms with van der Waals surface area (Å²) < 4.78 is 10.9. The molecule has 1 aromatic heterocycles. The van der Waals surface area contributed by atoms with Crippen LogP contribution in [0, 0.1) is 6.92 Å². The molecular formula is C31H32N2O6S. The molecule has 2 aromatic carbocycles. The van der Waals surface area contributed by atoms with Crippen LogP contribution in [-0.2, 0) is 26.2 Å². The highest BCUT2D eigenvalue weighted by molar-refractivity contribution is 7.17. The Morgan fingerprint density at radius 2 is 1.88 bits per heavy atom. The van der Waals surface area contributed by atoms with Gasteiger partial charge >= 0.3 is 11.9 Å². The lowest BCUT2D eigenvalue weighted by Crippen LogP contribution is -2.29. The highest BCUT2D eigenvalue weighted by Gasteiger charge is 2.48. The summed E-state index contributed by atoms with van der Waals surface area (Å²) in [6.07, 6.45) is 0.693. The van der Waals surface area contributed by atoms with Crippen molar-refractivity contribution in [3.8, 4) is 5.75 Å². The number of carbonyl (C=O) groups is 3. The Labute approximate surface area is 237 Å². The molecule has 0 radical (unpaired) electrons. The molecule has 2 unspecified atom stereocenters. The Hall–Kier alpha value is -3.98.